The second-order valence-electron chi connectivity index (χ2n) is 2.56. The Morgan fingerprint density at radius 3 is 2.50 bits per heavy atom. The van der Waals surface area contributed by atoms with E-state index in [1.165, 1.54) is 7.11 Å². The summed E-state index contributed by atoms with van der Waals surface area (Å²) in [5, 5.41) is 5.38. The van der Waals surface area contributed by atoms with Gasteiger partial charge in [-0.2, -0.15) is 0 Å². The predicted molar refractivity (Wildman–Crippen MR) is 55.4 cm³/mol. The third kappa shape index (κ3) is 9.28. The quantitative estimate of drug-likeness (QED) is 0.480. The van der Waals surface area contributed by atoms with Gasteiger partial charge < -0.3 is 15.4 Å². The lowest BCUT2D eigenvalue weighted by molar-refractivity contribution is -0.141. The molecule has 0 bridgehead atoms. The Hall–Kier alpha value is -0.810. The molecule has 0 rings (SSSR count). The van der Waals surface area contributed by atoms with Crippen LogP contribution in [0.15, 0.2) is 0 Å². The molecule has 2 N–H and O–H groups in total. The van der Waals surface area contributed by atoms with Crippen molar-refractivity contribution in [3.63, 3.8) is 0 Å². The summed E-state index contributed by atoms with van der Waals surface area (Å²) in [6, 6.07) is 0. The molecule has 0 aliphatic rings. The average molecular weight is 225 g/mol. The number of nitrogens with one attached hydrogen (secondary N) is 2. The van der Waals surface area contributed by atoms with E-state index in [4.69, 9.17) is 0 Å². The van der Waals surface area contributed by atoms with E-state index in [9.17, 15) is 9.59 Å². The number of rotatable bonds is 6. The lowest BCUT2D eigenvalue weighted by Gasteiger charge is -2.03. The fraction of sp³-hybridized carbons (Fsp3) is 0.750. The van der Waals surface area contributed by atoms with E-state index in [1.54, 1.807) is 0 Å². The van der Waals surface area contributed by atoms with Crippen LogP contribution in [0.25, 0.3) is 0 Å². The normalized spacial score (nSPS) is 8.71. The molecule has 0 aliphatic heterocycles. The third-order valence-electron chi connectivity index (χ3n) is 1.49. The fourth-order valence-electron chi connectivity index (χ4n) is 0.757. The maximum absolute atomic E-state index is 11.0. The van der Waals surface area contributed by atoms with Gasteiger partial charge in [0.25, 0.3) is 0 Å². The van der Waals surface area contributed by atoms with Crippen molar-refractivity contribution in [1.82, 2.24) is 10.6 Å². The van der Waals surface area contributed by atoms with Gasteiger partial charge in [-0.1, -0.05) is 0 Å². The van der Waals surface area contributed by atoms with Crippen LogP contribution < -0.4 is 10.6 Å². The highest BCUT2D eigenvalue weighted by Gasteiger charge is 2.03. The minimum Gasteiger partial charge on any atom is -0.468 e. The standard InChI is InChI=1S/C8H16N2O3.ClH/c1-9-5-3-4-7(11)10-6-8(12)13-2;/h9H,3-6H2,1-2H3,(H,10,11);1H. The molecule has 0 saturated heterocycles. The van der Waals surface area contributed by atoms with Gasteiger partial charge in [0.15, 0.2) is 0 Å². The molecule has 5 nitrogen and oxygen atoms in total. The summed E-state index contributed by atoms with van der Waals surface area (Å²) in [7, 11) is 3.11. The number of methoxy groups -OCH3 is 1. The maximum atomic E-state index is 11.0. The number of carbonyl (C=O) groups is 2. The molecule has 0 heterocycles. The van der Waals surface area contributed by atoms with E-state index in [1.807, 2.05) is 7.05 Å². The Morgan fingerprint density at radius 2 is 2.00 bits per heavy atom. The van der Waals surface area contributed by atoms with Crippen LogP contribution in [0.3, 0.4) is 0 Å². The summed E-state index contributed by atoms with van der Waals surface area (Å²) >= 11 is 0. The molecule has 0 aromatic rings. The van der Waals surface area contributed by atoms with Crippen LogP contribution in [0.2, 0.25) is 0 Å². The Labute approximate surface area is 90.0 Å². The van der Waals surface area contributed by atoms with Crippen molar-refractivity contribution in [1.29, 1.82) is 0 Å². The van der Waals surface area contributed by atoms with E-state index in [0.29, 0.717) is 6.42 Å². The first-order valence-electron chi connectivity index (χ1n) is 4.18. The van der Waals surface area contributed by atoms with Crippen LogP contribution in [0.4, 0.5) is 0 Å². The molecule has 0 fully saturated rings. The summed E-state index contributed by atoms with van der Waals surface area (Å²) in [5.74, 6) is -0.553. The minimum atomic E-state index is -0.429. The molecule has 0 aromatic heterocycles. The van der Waals surface area contributed by atoms with Crippen LogP contribution in [0, 0.1) is 0 Å². The number of hydrogen-bond acceptors (Lipinski definition) is 4. The molecular weight excluding hydrogens is 208 g/mol. The Morgan fingerprint density at radius 1 is 1.36 bits per heavy atom. The molecule has 0 aliphatic carbocycles. The largest absolute Gasteiger partial charge is 0.468 e. The van der Waals surface area contributed by atoms with Crippen molar-refractivity contribution < 1.29 is 14.3 Å². The average Bonchev–Trinajstić information content (AvgIpc) is 2.14. The summed E-state index contributed by atoms with van der Waals surface area (Å²) in [4.78, 5) is 21.6. The van der Waals surface area contributed by atoms with Crippen molar-refractivity contribution in [3.05, 3.63) is 0 Å². The van der Waals surface area contributed by atoms with Gasteiger partial charge >= 0.3 is 5.97 Å². The number of esters is 1. The van der Waals surface area contributed by atoms with E-state index < -0.39 is 5.97 Å². The number of amides is 1. The van der Waals surface area contributed by atoms with Crippen LogP contribution in [0.1, 0.15) is 12.8 Å². The van der Waals surface area contributed by atoms with Crippen molar-refractivity contribution in [3.8, 4) is 0 Å². The highest BCUT2D eigenvalue weighted by Crippen LogP contribution is 1.86. The SMILES string of the molecule is CNCCCC(=O)NCC(=O)OC.Cl. The molecule has 0 atom stereocenters. The lowest BCUT2D eigenvalue weighted by Crippen LogP contribution is -2.30. The smallest absolute Gasteiger partial charge is 0.325 e. The van der Waals surface area contributed by atoms with Gasteiger partial charge in [-0.15, -0.1) is 12.4 Å². The zero-order valence-electron chi connectivity index (χ0n) is 8.46. The highest BCUT2D eigenvalue weighted by atomic mass is 35.5. The lowest BCUT2D eigenvalue weighted by atomic mass is 10.3. The summed E-state index contributed by atoms with van der Waals surface area (Å²) < 4.78 is 4.36. The van der Waals surface area contributed by atoms with Crippen molar-refractivity contribution in [2.75, 3.05) is 27.2 Å². The fourth-order valence-corrected chi connectivity index (χ4v) is 0.757. The zero-order chi connectivity index (χ0) is 10.1. The van der Waals surface area contributed by atoms with E-state index in [0.717, 1.165) is 13.0 Å². The predicted octanol–water partition coefficient (Wildman–Crippen LogP) is -0.303. The first-order valence-corrected chi connectivity index (χ1v) is 4.18. The highest BCUT2D eigenvalue weighted by molar-refractivity contribution is 5.85. The molecular formula is C8H17ClN2O3. The van der Waals surface area contributed by atoms with Crippen LogP contribution in [-0.4, -0.2) is 39.1 Å². The Kier molecular flexibility index (Phi) is 11.5. The van der Waals surface area contributed by atoms with Crippen molar-refractivity contribution in [2.24, 2.45) is 0 Å². The molecule has 0 unspecified atom stereocenters. The molecule has 0 aromatic carbocycles. The van der Waals surface area contributed by atoms with Gasteiger partial charge in [0.1, 0.15) is 6.54 Å². The molecule has 1 amide bonds. The molecule has 0 spiro atoms. The van der Waals surface area contributed by atoms with Gasteiger partial charge in [-0.3, -0.25) is 9.59 Å². The topological polar surface area (TPSA) is 67.4 Å². The molecule has 0 radical (unpaired) electrons. The van der Waals surface area contributed by atoms with Crippen molar-refractivity contribution >= 4 is 24.3 Å². The Balaban J connectivity index is 0. The number of ether oxygens (including phenoxy) is 1. The van der Waals surface area contributed by atoms with Crippen LogP contribution >= 0.6 is 12.4 Å². The van der Waals surface area contributed by atoms with Gasteiger partial charge in [-0.25, -0.2) is 0 Å². The van der Waals surface area contributed by atoms with E-state index >= 15 is 0 Å². The van der Waals surface area contributed by atoms with E-state index in [2.05, 4.69) is 15.4 Å². The first-order chi connectivity index (χ1) is 6.20. The summed E-state index contributed by atoms with van der Waals surface area (Å²) in [5.41, 5.74) is 0. The number of hydrogen-bond donors (Lipinski definition) is 2. The first kappa shape index (κ1) is 15.7. The minimum absolute atomic E-state index is 0. The third-order valence-corrected chi connectivity index (χ3v) is 1.49. The monoisotopic (exact) mass is 224 g/mol. The second kappa shape index (κ2) is 10.3. The van der Waals surface area contributed by atoms with Crippen LogP contribution in [-0.2, 0) is 14.3 Å². The summed E-state index contributed by atoms with van der Waals surface area (Å²) in [6.07, 6.45) is 1.20. The number of carbonyl (C=O) groups excluding carboxylic acids is 2. The summed E-state index contributed by atoms with van der Waals surface area (Å²) in [6.45, 7) is 0.751. The molecule has 84 valence electrons. The number of halogens is 1. The van der Waals surface area contributed by atoms with Gasteiger partial charge in [0.2, 0.25) is 5.91 Å². The maximum Gasteiger partial charge on any atom is 0.325 e. The van der Waals surface area contributed by atoms with Gasteiger partial charge in [0.05, 0.1) is 7.11 Å². The molecule has 6 heteroatoms. The zero-order valence-corrected chi connectivity index (χ0v) is 9.28. The van der Waals surface area contributed by atoms with E-state index in [-0.39, 0.29) is 24.9 Å². The molecule has 14 heavy (non-hydrogen) atoms. The Bertz CT molecular complexity index is 176. The molecule has 0 saturated carbocycles. The van der Waals surface area contributed by atoms with Crippen LogP contribution in [0.5, 0.6) is 0 Å². The second-order valence-corrected chi connectivity index (χ2v) is 2.56. The van der Waals surface area contributed by atoms with Gasteiger partial charge in [-0.05, 0) is 20.0 Å². The van der Waals surface area contributed by atoms with Gasteiger partial charge in [0, 0.05) is 6.42 Å². The van der Waals surface area contributed by atoms with Crippen molar-refractivity contribution in [2.45, 2.75) is 12.8 Å².